The van der Waals surface area contributed by atoms with Crippen molar-refractivity contribution >= 4 is 21.6 Å². The maximum absolute atomic E-state index is 12.3. The number of alkyl halides is 3. The first-order chi connectivity index (χ1) is 9.78. The van der Waals surface area contributed by atoms with Crippen LogP contribution in [-0.2, 0) is 6.54 Å². The highest BCUT2D eigenvalue weighted by Crippen LogP contribution is 2.25. The SMILES string of the molecule is CN(CCNc1cnn(CC(F)(F)F)c(=O)c1Br)C1CC1. The zero-order valence-electron chi connectivity index (χ0n) is 11.5. The summed E-state index contributed by atoms with van der Waals surface area (Å²) in [5.41, 5.74) is -0.393. The molecule has 1 aliphatic rings. The molecular formula is C12H16BrF3N4O. The summed E-state index contributed by atoms with van der Waals surface area (Å²) < 4.78 is 37.3. The second-order valence-corrected chi connectivity index (χ2v) is 5.88. The Balaban J connectivity index is 1.97. The first-order valence-electron chi connectivity index (χ1n) is 6.54. The molecule has 21 heavy (non-hydrogen) atoms. The summed E-state index contributed by atoms with van der Waals surface area (Å²) in [5.74, 6) is 0. The Hall–Kier alpha value is -1.09. The van der Waals surface area contributed by atoms with Crippen LogP contribution in [0.25, 0.3) is 0 Å². The molecule has 1 N–H and O–H groups in total. The molecule has 1 heterocycles. The van der Waals surface area contributed by atoms with E-state index in [1.54, 1.807) is 0 Å². The van der Waals surface area contributed by atoms with Crippen molar-refractivity contribution in [2.45, 2.75) is 31.6 Å². The number of hydrogen-bond acceptors (Lipinski definition) is 4. The van der Waals surface area contributed by atoms with Gasteiger partial charge in [-0.2, -0.15) is 18.3 Å². The highest BCUT2D eigenvalue weighted by atomic mass is 79.9. The Labute approximate surface area is 128 Å². The van der Waals surface area contributed by atoms with Crippen LogP contribution in [0.5, 0.6) is 0 Å². The van der Waals surface area contributed by atoms with Crippen LogP contribution in [-0.4, -0.2) is 47.0 Å². The van der Waals surface area contributed by atoms with Crippen molar-refractivity contribution in [3.05, 3.63) is 21.0 Å². The van der Waals surface area contributed by atoms with E-state index in [1.165, 1.54) is 19.0 Å². The number of likely N-dealkylation sites (N-methyl/N-ethyl adjacent to an activating group) is 1. The Morgan fingerprint density at radius 1 is 1.52 bits per heavy atom. The van der Waals surface area contributed by atoms with E-state index < -0.39 is 18.3 Å². The van der Waals surface area contributed by atoms with Gasteiger partial charge in [-0.05, 0) is 35.8 Å². The number of nitrogens with one attached hydrogen (secondary N) is 1. The van der Waals surface area contributed by atoms with E-state index >= 15 is 0 Å². The van der Waals surface area contributed by atoms with Gasteiger partial charge in [0.05, 0.1) is 11.9 Å². The summed E-state index contributed by atoms with van der Waals surface area (Å²) in [7, 11) is 2.02. The van der Waals surface area contributed by atoms with Crippen LogP contribution in [0, 0.1) is 0 Å². The second-order valence-electron chi connectivity index (χ2n) is 5.09. The lowest BCUT2D eigenvalue weighted by Gasteiger charge is -2.17. The third-order valence-corrected chi connectivity index (χ3v) is 4.03. The molecule has 0 unspecified atom stereocenters. The molecule has 1 aromatic heterocycles. The molecule has 1 aliphatic carbocycles. The zero-order chi connectivity index (χ0) is 15.6. The van der Waals surface area contributed by atoms with Crippen LogP contribution in [0.2, 0.25) is 0 Å². The monoisotopic (exact) mass is 368 g/mol. The highest BCUT2D eigenvalue weighted by Gasteiger charge is 2.29. The molecule has 0 bridgehead atoms. The molecule has 1 fully saturated rings. The molecule has 0 aromatic carbocycles. The third kappa shape index (κ3) is 4.70. The van der Waals surface area contributed by atoms with Gasteiger partial charge in [0.2, 0.25) is 0 Å². The third-order valence-electron chi connectivity index (χ3n) is 3.26. The Morgan fingerprint density at radius 3 is 2.76 bits per heavy atom. The van der Waals surface area contributed by atoms with Crippen molar-refractivity contribution in [3.8, 4) is 0 Å². The van der Waals surface area contributed by atoms with Crippen molar-refractivity contribution in [2.75, 3.05) is 25.5 Å². The van der Waals surface area contributed by atoms with Crippen molar-refractivity contribution in [3.63, 3.8) is 0 Å². The zero-order valence-corrected chi connectivity index (χ0v) is 13.0. The van der Waals surface area contributed by atoms with E-state index in [-0.39, 0.29) is 4.47 Å². The molecule has 5 nitrogen and oxygen atoms in total. The summed E-state index contributed by atoms with van der Waals surface area (Å²) in [6, 6.07) is 0.633. The number of anilines is 1. The van der Waals surface area contributed by atoms with Gasteiger partial charge >= 0.3 is 6.18 Å². The Morgan fingerprint density at radius 2 is 2.19 bits per heavy atom. The van der Waals surface area contributed by atoms with Crippen LogP contribution < -0.4 is 10.9 Å². The minimum absolute atomic E-state index is 0.0656. The summed E-state index contributed by atoms with van der Waals surface area (Å²) in [6.07, 6.45) is -0.836. The number of aromatic nitrogens is 2. The minimum atomic E-state index is -4.47. The molecule has 0 saturated heterocycles. The van der Waals surface area contributed by atoms with E-state index in [0.29, 0.717) is 23.0 Å². The molecule has 1 aromatic rings. The van der Waals surface area contributed by atoms with Gasteiger partial charge < -0.3 is 10.2 Å². The van der Waals surface area contributed by atoms with Crippen molar-refractivity contribution in [1.29, 1.82) is 0 Å². The summed E-state index contributed by atoms with van der Waals surface area (Å²) >= 11 is 3.03. The predicted octanol–water partition coefficient (Wildman–Crippen LogP) is 2.07. The van der Waals surface area contributed by atoms with E-state index in [4.69, 9.17) is 0 Å². The topological polar surface area (TPSA) is 50.2 Å². The number of hydrogen-bond donors (Lipinski definition) is 1. The smallest absolute Gasteiger partial charge is 0.381 e. The molecule has 0 amide bonds. The standard InChI is InChI=1S/C12H16BrF3N4O/c1-19(8-2-3-8)5-4-17-9-6-18-20(7-12(14,15)16)11(21)10(9)13/h6,8,17H,2-5,7H2,1H3. The summed E-state index contributed by atoms with van der Waals surface area (Å²) in [6.45, 7) is -0.00607. The van der Waals surface area contributed by atoms with Gasteiger partial charge in [0.1, 0.15) is 11.0 Å². The molecule has 0 spiro atoms. The normalized spacial score (nSPS) is 15.5. The molecule has 118 valence electrons. The fourth-order valence-electron chi connectivity index (χ4n) is 1.94. The van der Waals surface area contributed by atoms with Gasteiger partial charge in [-0.1, -0.05) is 0 Å². The average Bonchev–Trinajstić information content (AvgIpc) is 3.20. The van der Waals surface area contributed by atoms with Crippen LogP contribution in [0.1, 0.15) is 12.8 Å². The first-order valence-corrected chi connectivity index (χ1v) is 7.34. The molecule has 0 atom stereocenters. The van der Waals surface area contributed by atoms with Crippen LogP contribution in [0.3, 0.4) is 0 Å². The van der Waals surface area contributed by atoms with E-state index in [0.717, 1.165) is 6.54 Å². The van der Waals surface area contributed by atoms with Gasteiger partial charge in [-0.25, -0.2) is 4.68 Å². The van der Waals surface area contributed by atoms with E-state index in [2.05, 4.69) is 31.2 Å². The average molecular weight is 369 g/mol. The van der Waals surface area contributed by atoms with Gasteiger partial charge in [-0.3, -0.25) is 4.79 Å². The number of nitrogens with zero attached hydrogens (tertiary/aromatic N) is 3. The largest absolute Gasteiger partial charge is 0.408 e. The quantitative estimate of drug-likeness (QED) is 0.834. The maximum Gasteiger partial charge on any atom is 0.408 e. The molecule has 2 rings (SSSR count). The lowest BCUT2D eigenvalue weighted by molar-refractivity contribution is -0.143. The van der Waals surface area contributed by atoms with Crippen molar-refractivity contribution in [2.24, 2.45) is 0 Å². The lowest BCUT2D eigenvalue weighted by Crippen LogP contribution is -2.32. The van der Waals surface area contributed by atoms with Crippen LogP contribution >= 0.6 is 15.9 Å². The molecule has 0 aliphatic heterocycles. The molecule has 0 radical (unpaired) electrons. The Bertz CT molecular complexity index is 556. The van der Waals surface area contributed by atoms with Gasteiger partial charge in [0.15, 0.2) is 0 Å². The fraction of sp³-hybridized carbons (Fsp3) is 0.667. The molecule has 9 heteroatoms. The lowest BCUT2D eigenvalue weighted by atomic mass is 10.4. The van der Waals surface area contributed by atoms with Crippen molar-refractivity contribution in [1.82, 2.24) is 14.7 Å². The van der Waals surface area contributed by atoms with E-state index in [9.17, 15) is 18.0 Å². The van der Waals surface area contributed by atoms with Crippen molar-refractivity contribution < 1.29 is 13.2 Å². The van der Waals surface area contributed by atoms with Gasteiger partial charge in [0, 0.05) is 19.1 Å². The van der Waals surface area contributed by atoms with Gasteiger partial charge in [-0.15, -0.1) is 0 Å². The van der Waals surface area contributed by atoms with Crippen LogP contribution in [0.4, 0.5) is 18.9 Å². The molecular weight excluding hydrogens is 353 g/mol. The summed E-state index contributed by atoms with van der Waals surface area (Å²) in [5, 5.41) is 6.56. The van der Waals surface area contributed by atoms with Gasteiger partial charge in [0.25, 0.3) is 5.56 Å². The predicted molar refractivity (Wildman–Crippen MR) is 76.4 cm³/mol. The Kier molecular flexibility index (Phi) is 4.92. The minimum Gasteiger partial charge on any atom is -0.381 e. The maximum atomic E-state index is 12.3. The number of halogens is 4. The number of rotatable bonds is 6. The second kappa shape index (κ2) is 6.35. The van der Waals surface area contributed by atoms with Crippen LogP contribution in [0.15, 0.2) is 15.5 Å². The highest BCUT2D eigenvalue weighted by molar-refractivity contribution is 9.10. The van der Waals surface area contributed by atoms with E-state index in [1.807, 2.05) is 7.05 Å². The summed E-state index contributed by atoms with van der Waals surface area (Å²) in [4.78, 5) is 14.0. The molecule has 1 saturated carbocycles. The fourth-order valence-corrected chi connectivity index (χ4v) is 2.38. The first kappa shape index (κ1) is 16.3.